The van der Waals surface area contributed by atoms with Gasteiger partial charge in [0.25, 0.3) is 0 Å². The average Bonchev–Trinajstić information content (AvgIpc) is 2.95. The van der Waals surface area contributed by atoms with E-state index in [0.29, 0.717) is 11.5 Å². The zero-order chi connectivity index (χ0) is 12.4. The van der Waals surface area contributed by atoms with Crippen molar-refractivity contribution in [1.82, 2.24) is 5.32 Å². The molecule has 2 aliphatic rings. The van der Waals surface area contributed by atoms with Crippen LogP contribution >= 0.6 is 11.6 Å². The van der Waals surface area contributed by atoms with Gasteiger partial charge in [0.15, 0.2) is 0 Å². The van der Waals surface area contributed by atoms with E-state index >= 15 is 0 Å². The lowest BCUT2D eigenvalue weighted by molar-refractivity contribution is 0.227. The van der Waals surface area contributed by atoms with Crippen LogP contribution in [0.1, 0.15) is 50.5 Å². The van der Waals surface area contributed by atoms with E-state index in [-0.39, 0.29) is 0 Å². The second kappa shape index (κ2) is 5.22. The maximum atomic E-state index is 6.04. The number of hydrogen-bond donors (Lipinski definition) is 1. The van der Waals surface area contributed by atoms with Crippen molar-refractivity contribution in [2.24, 2.45) is 0 Å². The lowest BCUT2D eigenvalue weighted by Gasteiger charge is -2.43. The van der Waals surface area contributed by atoms with Crippen molar-refractivity contribution in [3.05, 3.63) is 34.9 Å². The predicted molar refractivity (Wildman–Crippen MR) is 77.2 cm³/mol. The summed E-state index contributed by atoms with van der Waals surface area (Å²) in [7, 11) is 0. The quantitative estimate of drug-likeness (QED) is 0.839. The minimum Gasteiger partial charge on any atom is -0.313 e. The highest BCUT2D eigenvalue weighted by Crippen LogP contribution is 2.44. The Morgan fingerprint density at radius 1 is 1.00 bits per heavy atom. The van der Waals surface area contributed by atoms with Crippen LogP contribution in [0.15, 0.2) is 24.3 Å². The molecule has 1 nitrogen and oxygen atoms in total. The van der Waals surface area contributed by atoms with Crippen LogP contribution in [0.4, 0.5) is 0 Å². The second-order valence-electron chi connectivity index (χ2n) is 5.87. The molecule has 1 aliphatic heterocycles. The molecule has 0 amide bonds. The summed E-state index contributed by atoms with van der Waals surface area (Å²) in [6.45, 7) is 1.19. The van der Waals surface area contributed by atoms with E-state index in [4.69, 9.17) is 11.6 Å². The minimum absolute atomic E-state index is 0.374. The molecular weight excluding hydrogens is 242 g/mol. The van der Waals surface area contributed by atoms with Gasteiger partial charge in [-0.25, -0.2) is 0 Å². The second-order valence-corrected chi connectivity index (χ2v) is 6.31. The molecule has 3 rings (SSSR count). The maximum Gasteiger partial charge on any atom is 0.0406 e. The van der Waals surface area contributed by atoms with E-state index < -0.39 is 0 Å². The molecule has 98 valence electrons. The third-order valence-electron chi connectivity index (χ3n) is 4.89. The van der Waals surface area contributed by atoms with Crippen molar-refractivity contribution in [2.45, 2.75) is 56.4 Å². The van der Waals surface area contributed by atoms with E-state index in [9.17, 15) is 0 Å². The Labute approximate surface area is 115 Å². The van der Waals surface area contributed by atoms with Crippen LogP contribution < -0.4 is 5.32 Å². The highest BCUT2D eigenvalue weighted by molar-refractivity contribution is 6.30. The molecule has 2 heteroatoms. The first-order chi connectivity index (χ1) is 8.81. The van der Waals surface area contributed by atoms with E-state index in [2.05, 4.69) is 29.6 Å². The van der Waals surface area contributed by atoms with Gasteiger partial charge in [0.05, 0.1) is 0 Å². The summed E-state index contributed by atoms with van der Waals surface area (Å²) in [6, 6.07) is 9.31. The van der Waals surface area contributed by atoms with Gasteiger partial charge in [-0.05, 0) is 49.9 Å². The zero-order valence-corrected chi connectivity index (χ0v) is 11.7. The fourth-order valence-electron chi connectivity index (χ4n) is 3.96. The smallest absolute Gasteiger partial charge is 0.0406 e. The van der Waals surface area contributed by atoms with Crippen molar-refractivity contribution in [2.75, 3.05) is 6.54 Å². The topological polar surface area (TPSA) is 12.0 Å². The molecule has 1 aromatic carbocycles. The van der Waals surface area contributed by atoms with Gasteiger partial charge in [-0.2, -0.15) is 0 Å². The summed E-state index contributed by atoms with van der Waals surface area (Å²) < 4.78 is 0. The summed E-state index contributed by atoms with van der Waals surface area (Å²) in [5, 5.41) is 4.60. The first kappa shape index (κ1) is 12.5. The Morgan fingerprint density at radius 2 is 1.72 bits per heavy atom. The Bertz CT molecular complexity index is 386. The van der Waals surface area contributed by atoms with Crippen LogP contribution in [0.3, 0.4) is 0 Å². The van der Waals surface area contributed by atoms with Crippen molar-refractivity contribution in [3.63, 3.8) is 0 Å². The summed E-state index contributed by atoms with van der Waals surface area (Å²) in [4.78, 5) is 0. The molecule has 18 heavy (non-hydrogen) atoms. The van der Waals surface area contributed by atoms with Gasteiger partial charge in [-0.15, -0.1) is 0 Å². The van der Waals surface area contributed by atoms with Crippen molar-refractivity contribution < 1.29 is 0 Å². The molecule has 1 saturated carbocycles. The lowest BCUT2D eigenvalue weighted by Crippen LogP contribution is -2.46. The van der Waals surface area contributed by atoms with Crippen LogP contribution in [0.2, 0.25) is 5.02 Å². The number of benzene rings is 1. The largest absolute Gasteiger partial charge is 0.313 e. The predicted octanol–water partition coefficient (Wildman–Crippen LogP) is 4.29. The molecule has 0 bridgehead atoms. The summed E-state index contributed by atoms with van der Waals surface area (Å²) in [6.07, 6.45) is 9.50. The maximum absolute atomic E-state index is 6.04. The van der Waals surface area contributed by atoms with Crippen molar-refractivity contribution in [3.8, 4) is 0 Å². The lowest BCUT2D eigenvalue weighted by atomic mass is 9.64. The van der Waals surface area contributed by atoms with Crippen LogP contribution in [0.25, 0.3) is 0 Å². The molecule has 1 saturated heterocycles. The fourth-order valence-corrected chi connectivity index (χ4v) is 4.09. The highest BCUT2D eigenvalue weighted by Gasteiger charge is 2.42. The molecule has 0 aromatic heterocycles. The van der Waals surface area contributed by atoms with Gasteiger partial charge in [-0.1, -0.05) is 43.0 Å². The van der Waals surface area contributed by atoms with Gasteiger partial charge >= 0.3 is 0 Å². The Kier molecular flexibility index (Phi) is 3.63. The Balaban J connectivity index is 1.95. The van der Waals surface area contributed by atoms with Gasteiger partial charge in [-0.3, -0.25) is 0 Å². The van der Waals surface area contributed by atoms with Crippen LogP contribution in [0, 0.1) is 0 Å². The van der Waals surface area contributed by atoms with E-state index in [1.807, 2.05) is 0 Å². The molecule has 1 aromatic rings. The van der Waals surface area contributed by atoms with Gasteiger partial charge in [0.1, 0.15) is 0 Å². The van der Waals surface area contributed by atoms with Crippen molar-refractivity contribution in [1.29, 1.82) is 0 Å². The van der Waals surface area contributed by atoms with Crippen molar-refractivity contribution >= 4 is 11.6 Å². The van der Waals surface area contributed by atoms with Gasteiger partial charge in [0.2, 0.25) is 0 Å². The Morgan fingerprint density at radius 3 is 2.33 bits per heavy atom. The molecular formula is C16H22ClN. The first-order valence-electron chi connectivity index (χ1n) is 7.31. The molecule has 1 aliphatic carbocycles. The van der Waals surface area contributed by atoms with Crippen LogP contribution in [0.5, 0.6) is 0 Å². The number of nitrogens with one attached hydrogen (secondary N) is 1. The normalized spacial score (nSPS) is 27.3. The van der Waals surface area contributed by atoms with E-state index in [1.165, 1.54) is 57.1 Å². The van der Waals surface area contributed by atoms with Gasteiger partial charge < -0.3 is 5.32 Å². The summed E-state index contributed by atoms with van der Waals surface area (Å²) >= 11 is 6.04. The van der Waals surface area contributed by atoms with E-state index in [1.54, 1.807) is 0 Å². The standard InChI is InChI=1S/C16H22ClN/c17-14-8-6-13(7-9-14)16(10-2-1-3-11-16)15-5-4-12-18-15/h6-9,15,18H,1-5,10-12H2. The summed E-state index contributed by atoms with van der Waals surface area (Å²) in [5.41, 5.74) is 1.88. The Hall–Kier alpha value is -0.530. The third kappa shape index (κ3) is 2.19. The molecule has 2 fully saturated rings. The molecule has 1 atom stereocenters. The fraction of sp³-hybridized carbons (Fsp3) is 0.625. The molecule has 1 unspecified atom stereocenters. The number of halogens is 1. The average molecular weight is 264 g/mol. The molecule has 1 heterocycles. The molecule has 0 radical (unpaired) electrons. The summed E-state index contributed by atoms with van der Waals surface area (Å²) in [5.74, 6) is 0. The van der Waals surface area contributed by atoms with Crippen LogP contribution in [-0.2, 0) is 5.41 Å². The van der Waals surface area contributed by atoms with E-state index in [0.717, 1.165) is 5.02 Å². The highest BCUT2D eigenvalue weighted by atomic mass is 35.5. The zero-order valence-electron chi connectivity index (χ0n) is 10.9. The number of hydrogen-bond acceptors (Lipinski definition) is 1. The van der Waals surface area contributed by atoms with Crippen LogP contribution in [-0.4, -0.2) is 12.6 Å². The minimum atomic E-state index is 0.374. The first-order valence-corrected chi connectivity index (χ1v) is 7.68. The number of rotatable bonds is 2. The SMILES string of the molecule is Clc1ccc(C2(C3CCCN3)CCCCC2)cc1. The third-order valence-corrected chi connectivity index (χ3v) is 5.14. The molecule has 0 spiro atoms. The monoisotopic (exact) mass is 263 g/mol. The van der Waals surface area contributed by atoms with Gasteiger partial charge in [0, 0.05) is 16.5 Å². The molecule has 1 N–H and O–H groups in total.